The molecule has 1 amide bonds. The molecule has 4 nitrogen and oxygen atoms in total. The van der Waals surface area contributed by atoms with Gasteiger partial charge in [0.25, 0.3) is 0 Å². The zero-order chi connectivity index (χ0) is 18.7. The second-order valence-electron chi connectivity index (χ2n) is 8.02. The van der Waals surface area contributed by atoms with E-state index in [9.17, 15) is 4.79 Å². The van der Waals surface area contributed by atoms with Gasteiger partial charge in [-0.15, -0.1) is 0 Å². The number of hydrogen-bond acceptors (Lipinski definition) is 3. The Hall–Kier alpha value is -2.17. The molecule has 0 bridgehead atoms. The Labute approximate surface area is 161 Å². The minimum Gasteiger partial charge on any atom is -0.379 e. The minimum absolute atomic E-state index is 0.106. The van der Waals surface area contributed by atoms with E-state index in [4.69, 9.17) is 4.74 Å². The Morgan fingerprint density at radius 2 is 1.74 bits per heavy atom. The molecule has 0 N–H and O–H groups in total. The van der Waals surface area contributed by atoms with E-state index in [1.807, 2.05) is 23.1 Å². The van der Waals surface area contributed by atoms with Gasteiger partial charge in [0.15, 0.2) is 0 Å². The molecule has 2 fully saturated rings. The summed E-state index contributed by atoms with van der Waals surface area (Å²) in [5.74, 6) is 0.247. The summed E-state index contributed by atoms with van der Waals surface area (Å²) >= 11 is 0. The quantitative estimate of drug-likeness (QED) is 0.832. The Kier molecular flexibility index (Phi) is 5.28. The smallest absolute Gasteiger partial charge is 0.223 e. The molecule has 0 aromatic heterocycles. The average molecular weight is 364 g/mol. The van der Waals surface area contributed by atoms with Crippen molar-refractivity contribution in [2.75, 3.05) is 32.8 Å². The van der Waals surface area contributed by atoms with E-state index in [1.165, 1.54) is 11.1 Å². The van der Waals surface area contributed by atoms with Gasteiger partial charge in [0.05, 0.1) is 13.2 Å². The Balaban J connectivity index is 1.49. The lowest BCUT2D eigenvalue weighted by Gasteiger charge is -2.35. The van der Waals surface area contributed by atoms with Gasteiger partial charge in [0, 0.05) is 44.1 Å². The minimum atomic E-state index is -0.106. The van der Waals surface area contributed by atoms with Crippen molar-refractivity contribution < 1.29 is 9.53 Å². The van der Waals surface area contributed by atoms with Crippen molar-refractivity contribution in [3.05, 3.63) is 71.8 Å². The maximum Gasteiger partial charge on any atom is 0.223 e. The van der Waals surface area contributed by atoms with Gasteiger partial charge < -0.3 is 9.64 Å². The third-order valence-corrected chi connectivity index (χ3v) is 5.92. The summed E-state index contributed by atoms with van der Waals surface area (Å²) in [4.78, 5) is 17.3. The topological polar surface area (TPSA) is 32.8 Å². The van der Waals surface area contributed by atoms with Crippen molar-refractivity contribution >= 4 is 5.91 Å². The molecular weight excluding hydrogens is 336 g/mol. The first-order valence-electron chi connectivity index (χ1n) is 9.84. The van der Waals surface area contributed by atoms with Crippen LogP contribution in [0.3, 0.4) is 0 Å². The normalized spacial score (nSPS) is 24.9. The predicted octanol–water partition coefficient (Wildman–Crippen LogP) is 3.50. The van der Waals surface area contributed by atoms with E-state index >= 15 is 0 Å². The number of benzene rings is 2. The monoisotopic (exact) mass is 364 g/mol. The van der Waals surface area contributed by atoms with Crippen LogP contribution in [0.4, 0.5) is 0 Å². The standard InChI is InChI=1S/C23H28N2O2/c1-19(21-10-6-3-7-11-21)24-12-13-27-18-23(16-24)14-22(26)25(17-23)15-20-8-4-2-5-9-20/h2-11,19H,12-18H2,1H3/t19-,23-/m0/s1. The van der Waals surface area contributed by atoms with Gasteiger partial charge in [0.1, 0.15) is 0 Å². The first-order chi connectivity index (χ1) is 13.2. The van der Waals surface area contributed by atoms with Crippen molar-refractivity contribution in [2.45, 2.75) is 25.9 Å². The van der Waals surface area contributed by atoms with Gasteiger partial charge in [-0.2, -0.15) is 0 Å². The first kappa shape index (κ1) is 18.2. The van der Waals surface area contributed by atoms with Crippen LogP contribution in [0.1, 0.15) is 30.5 Å². The number of hydrogen-bond donors (Lipinski definition) is 0. The third kappa shape index (κ3) is 4.07. The largest absolute Gasteiger partial charge is 0.379 e. The summed E-state index contributed by atoms with van der Waals surface area (Å²) in [6.45, 7) is 6.93. The molecule has 2 atom stereocenters. The number of carbonyl (C=O) groups excluding carboxylic acids is 1. The molecule has 2 aliphatic rings. The van der Waals surface area contributed by atoms with Gasteiger partial charge in [-0.25, -0.2) is 0 Å². The van der Waals surface area contributed by atoms with Crippen molar-refractivity contribution in [3.8, 4) is 0 Å². The van der Waals surface area contributed by atoms with E-state index in [0.29, 0.717) is 25.6 Å². The number of likely N-dealkylation sites (tertiary alicyclic amines) is 1. The fourth-order valence-corrected chi connectivity index (χ4v) is 4.43. The number of amides is 1. The molecule has 27 heavy (non-hydrogen) atoms. The highest BCUT2D eigenvalue weighted by Gasteiger charge is 2.46. The van der Waals surface area contributed by atoms with Crippen LogP contribution in [0.2, 0.25) is 0 Å². The van der Waals surface area contributed by atoms with Crippen LogP contribution >= 0.6 is 0 Å². The van der Waals surface area contributed by atoms with E-state index in [1.54, 1.807) is 0 Å². The van der Waals surface area contributed by atoms with Crippen molar-refractivity contribution in [2.24, 2.45) is 5.41 Å². The van der Waals surface area contributed by atoms with Crippen LogP contribution < -0.4 is 0 Å². The molecule has 0 saturated carbocycles. The number of rotatable bonds is 4. The van der Waals surface area contributed by atoms with Crippen LogP contribution in [0.15, 0.2) is 60.7 Å². The van der Waals surface area contributed by atoms with Gasteiger partial charge in [-0.3, -0.25) is 9.69 Å². The lowest BCUT2D eigenvalue weighted by Crippen LogP contribution is -2.41. The highest BCUT2D eigenvalue weighted by molar-refractivity contribution is 5.79. The molecule has 2 heterocycles. The average Bonchev–Trinajstić information content (AvgIpc) is 2.87. The van der Waals surface area contributed by atoms with Crippen LogP contribution in [0.5, 0.6) is 0 Å². The fraction of sp³-hybridized carbons (Fsp3) is 0.435. The Morgan fingerprint density at radius 1 is 1.04 bits per heavy atom. The maximum atomic E-state index is 12.8. The number of carbonyl (C=O) groups is 1. The molecule has 0 radical (unpaired) electrons. The van der Waals surface area contributed by atoms with Crippen molar-refractivity contribution in [3.63, 3.8) is 0 Å². The molecule has 2 aromatic carbocycles. The van der Waals surface area contributed by atoms with Gasteiger partial charge in [0.2, 0.25) is 5.91 Å². The van der Waals surface area contributed by atoms with E-state index < -0.39 is 0 Å². The van der Waals surface area contributed by atoms with Crippen LogP contribution in [-0.2, 0) is 16.1 Å². The molecular formula is C23H28N2O2. The van der Waals surface area contributed by atoms with Crippen LogP contribution in [-0.4, -0.2) is 48.6 Å². The zero-order valence-corrected chi connectivity index (χ0v) is 16.0. The SMILES string of the molecule is C[C@@H](c1ccccc1)N1CCOC[C@@]2(CC(=O)N(Cc3ccccc3)C2)C1. The number of ether oxygens (including phenoxy) is 1. The molecule has 1 spiro atoms. The van der Waals surface area contributed by atoms with E-state index in [-0.39, 0.29) is 11.3 Å². The van der Waals surface area contributed by atoms with Gasteiger partial charge in [-0.05, 0) is 18.1 Å². The molecule has 2 aromatic rings. The van der Waals surface area contributed by atoms with E-state index in [0.717, 1.165) is 26.2 Å². The second kappa shape index (κ2) is 7.83. The van der Waals surface area contributed by atoms with Gasteiger partial charge in [-0.1, -0.05) is 60.7 Å². The van der Waals surface area contributed by atoms with Crippen LogP contribution in [0, 0.1) is 5.41 Å². The summed E-state index contributed by atoms with van der Waals surface area (Å²) < 4.78 is 5.97. The lowest BCUT2D eigenvalue weighted by atomic mass is 9.86. The molecule has 2 aliphatic heterocycles. The Bertz CT molecular complexity index is 764. The predicted molar refractivity (Wildman–Crippen MR) is 106 cm³/mol. The third-order valence-electron chi connectivity index (χ3n) is 5.92. The molecule has 4 heteroatoms. The highest BCUT2D eigenvalue weighted by atomic mass is 16.5. The number of nitrogens with zero attached hydrogens (tertiary/aromatic N) is 2. The second-order valence-corrected chi connectivity index (χ2v) is 8.02. The summed E-state index contributed by atoms with van der Waals surface area (Å²) in [5.41, 5.74) is 2.40. The highest BCUT2D eigenvalue weighted by Crippen LogP contribution is 2.37. The molecule has 142 valence electrons. The molecule has 2 saturated heterocycles. The maximum absolute atomic E-state index is 12.8. The first-order valence-corrected chi connectivity index (χ1v) is 9.84. The van der Waals surface area contributed by atoms with E-state index in [2.05, 4.69) is 54.3 Å². The van der Waals surface area contributed by atoms with Crippen LogP contribution in [0.25, 0.3) is 0 Å². The lowest BCUT2D eigenvalue weighted by molar-refractivity contribution is -0.128. The summed E-state index contributed by atoms with van der Waals surface area (Å²) in [5, 5.41) is 0. The van der Waals surface area contributed by atoms with Gasteiger partial charge >= 0.3 is 0 Å². The summed E-state index contributed by atoms with van der Waals surface area (Å²) in [6.07, 6.45) is 0.581. The fourth-order valence-electron chi connectivity index (χ4n) is 4.43. The molecule has 0 aliphatic carbocycles. The molecule has 4 rings (SSSR count). The summed E-state index contributed by atoms with van der Waals surface area (Å²) in [7, 11) is 0. The summed E-state index contributed by atoms with van der Waals surface area (Å²) in [6, 6.07) is 21.2. The molecule has 0 unspecified atom stereocenters. The Morgan fingerprint density at radius 3 is 2.48 bits per heavy atom. The van der Waals surface area contributed by atoms with Crippen molar-refractivity contribution in [1.82, 2.24) is 9.80 Å². The van der Waals surface area contributed by atoms with Crippen molar-refractivity contribution in [1.29, 1.82) is 0 Å². The zero-order valence-electron chi connectivity index (χ0n) is 16.0.